The highest BCUT2D eigenvalue weighted by Crippen LogP contribution is 2.37. The summed E-state index contributed by atoms with van der Waals surface area (Å²) in [4.78, 5) is 0. The minimum Gasteiger partial charge on any atom is -0.326 e. The minimum atomic E-state index is 0.595. The molecule has 1 rings (SSSR count). The molecular formula is C11H24N+. The molecule has 1 nitrogen and oxygen atoms in total. The van der Waals surface area contributed by atoms with E-state index in [4.69, 9.17) is 0 Å². The Morgan fingerprint density at radius 3 is 1.75 bits per heavy atom. The predicted octanol–water partition coefficient (Wildman–Crippen LogP) is 2.81. The average Bonchev–Trinajstić information content (AvgIpc) is 2.04. The van der Waals surface area contributed by atoms with Crippen molar-refractivity contribution in [1.82, 2.24) is 0 Å². The van der Waals surface area contributed by atoms with Gasteiger partial charge >= 0.3 is 0 Å². The molecule has 0 spiro atoms. The molecule has 0 aromatic carbocycles. The van der Waals surface area contributed by atoms with Gasteiger partial charge in [-0.15, -0.1) is 0 Å². The maximum atomic E-state index is 2.36. The van der Waals surface area contributed by atoms with Gasteiger partial charge in [-0.1, -0.05) is 13.3 Å². The summed E-state index contributed by atoms with van der Waals surface area (Å²) in [6, 6.07) is 0. The van der Waals surface area contributed by atoms with E-state index in [2.05, 4.69) is 28.1 Å². The van der Waals surface area contributed by atoms with Crippen LogP contribution in [-0.4, -0.2) is 31.2 Å². The first-order valence-corrected chi connectivity index (χ1v) is 5.33. The second-order valence-electron chi connectivity index (χ2n) is 5.15. The van der Waals surface area contributed by atoms with Crippen LogP contribution in [0.5, 0.6) is 0 Å². The molecule has 0 amide bonds. The molecule has 1 aliphatic carbocycles. The lowest BCUT2D eigenvalue weighted by Crippen LogP contribution is -2.57. The number of rotatable bonds is 2. The first kappa shape index (κ1) is 10.0. The van der Waals surface area contributed by atoms with E-state index in [1.807, 2.05) is 0 Å². The SMILES string of the molecule is CCC1([N+](C)(C)C)CCCCC1. The van der Waals surface area contributed by atoms with Gasteiger partial charge in [0.15, 0.2) is 0 Å². The van der Waals surface area contributed by atoms with Crippen LogP contribution in [0.1, 0.15) is 45.4 Å². The van der Waals surface area contributed by atoms with Crippen LogP contribution in [0.3, 0.4) is 0 Å². The molecule has 0 unspecified atom stereocenters. The van der Waals surface area contributed by atoms with Crippen molar-refractivity contribution < 1.29 is 4.48 Å². The lowest BCUT2D eigenvalue weighted by Gasteiger charge is -2.48. The van der Waals surface area contributed by atoms with Crippen LogP contribution in [0, 0.1) is 0 Å². The highest BCUT2D eigenvalue weighted by atomic mass is 15.3. The Kier molecular flexibility index (Phi) is 2.82. The van der Waals surface area contributed by atoms with E-state index in [9.17, 15) is 0 Å². The van der Waals surface area contributed by atoms with Crippen molar-refractivity contribution in [2.45, 2.75) is 51.0 Å². The average molecular weight is 170 g/mol. The normalized spacial score (nSPS) is 24.0. The van der Waals surface area contributed by atoms with Gasteiger partial charge < -0.3 is 4.48 Å². The largest absolute Gasteiger partial charge is 0.326 e. The van der Waals surface area contributed by atoms with E-state index in [-0.39, 0.29) is 0 Å². The van der Waals surface area contributed by atoms with Gasteiger partial charge in [-0.3, -0.25) is 0 Å². The topological polar surface area (TPSA) is 0 Å². The Hall–Kier alpha value is -0.0400. The van der Waals surface area contributed by atoms with E-state index in [0.29, 0.717) is 5.54 Å². The summed E-state index contributed by atoms with van der Waals surface area (Å²) in [5, 5.41) is 0. The summed E-state index contributed by atoms with van der Waals surface area (Å²) < 4.78 is 1.16. The van der Waals surface area contributed by atoms with Crippen molar-refractivity contribution in [2.24, 2.45) is 0 Å². The smallest absolute Gasteiger partial charge is 0.0983 e. The van der Waals surface area contributed by atoms with Crippen LogP contribution in [0.2, 0.25) is 0 Å². The molecular weight excluding hydrogens is 146 g/mol. The van der Waals surface area contributed by atoms with Gasteiger partial charge in [-0.25, -0.2) is 0 Å². The standard InChI is InChI=1S/C11H24N/c1-5-11(12(2,3)4)9-7-6-8-10-11/h5-10H2,1-4H3/q+1. The second kappa shape index (κ2) is 3.37. The zero-order valence-electron chi connectivity index (χ0n) is 9.19. The third-order valence-corrected chi connectivity index (χ3v) is 3.87. The van der Waals surface area contributed by atoms with Crippen molar-refractivity contribution in [2.75, 3.05) is 21.1 Å². The van der Waals surface area contributed by atoms with Crippen LogP contribution in [-0.2, 0) is 0 Å². The Morgan fingerprint density at radius 2 is 1.50 bits per heavy atom. The van der Waals surface area contributed by atoms with E-state index in [0.717, 1.165) is 4.48 Å². The number of nitrogens with zero attached hydrogens (tertiary/aromatic N) is 1. The molecule has 1 saturated carbocycles. The molecule has 0 bridgehead atoms. The fourth-order valence-electron chi connectivity index (χ4n) is 2.71. The molecule has 0 saturated heterocycles. The van der Waals surface area contributed by atoms with Gasteiger partial charge in [0.25, 0.3) is 0 Å². The number of hydrogen-bond donors (Lipinski definition) is 0. The second-order valence-corrected chi connectivity index (χ2v) is 5.15. The monoisotopic (exact) mass is 170 g/mol. The van der Waals surface area contributed by atoms with E-state index < -0.39 is 0 Å². The molecule has 1 heteroatoms. The van der Waals surface area contributed by atoms with Gasteiger partial charge in [0.1, 0.15) is 0 Å². The predicted molar refractivity (Wildman–Crippen MR) is 54.1 cm³/mol. The maximum absolute atomic E-state index is 2.36. The van der Waals surface area contributed by atoms with E-state index in [1.54, 1.807) is 0 Å². The lowest BCUT2D eigenvalue weighted by molar-refractivity contribution is -0.926. The molecule has 0 atom stereocenters. The van der Waals surface area contributed by atoms with Gasteiger partial charge in [0.2, 0.25) is 0 Å². The van der Waals surface area contributed by atoms with Crippen LogP contribution in [0.15, 0.2) is 0 Å². The number of hydrogen-bond acceptors (Lipinski definition) is 0. The van der Waals surface area contributed by atoms with Crippen LogP contribution < -0.4 is 0 Å². The van der Waals surface area contributed by atoms with Crippen molar-refractivity contribution in [3.05, 3.63) is 0 Å². The summed E-state index contributed by atoms with van der Waals surface area (Å²) in [6.45, 7) is 2.36. The Bertz CT molecular complexity index is 138. The van der Waals surface area contributed by atoms with Crippen LogP contribution >= 0.6 is 0 Å². The highest BCUT2D eigenvalue weighted by Gasteiger charge is 2.41. The summed E-state index contributed by atoms with van der Waals surface area (Å²) in [5.41, 5.74) is 0.595. The van der Waals surface area contributed by atoms with Gasteiger partial charge in [0, 0.05) is 12.8 Å². The maximum Gasteiger partial charge on any atom is 0.0983 e. The van der Waals surface area contributed by atoms with Gasteiger partial charge in [0.05, 0.1) is 26.7 Å². The Morgan fingerprint density at radius 1 is 1.00 bits per heavy atom. The first-order valence-electron chi connectivity index (χ1n) is 5.33. The molecule has 0 N–H and O–H groups in total. The summed E-state index contributed by atoms with van der Waals surface area (Å²) in [7, 11) is 7.07. The molecule has 0 heterocycles. The Labute approximate surface area is 77.4 Å². The molecule has 0 aromatic heterocycles. The Balaban J connectivity index is 2.73. The van der Waals surface area contributed by atoms with Crippen LogP contribution in [0.25, 0.3) is 0 Å². The van der Waals surface area contributed by atoms with E-state index >= 15 is 0 Å². The van der Waals surface area contributed by atoms with Crippen molar-refractivity contribution >= 4 is 0 Å². The summed E-state index contributed by atoms with van der Waals surface area (Å²) in [5.74, 6) is 0. The molecule has 72 valence electrons. The fourth-order valence-corrected chi connectivity index (χ4v) is 2.71. The molecule has 0 aliphatic heterocycles. The molecule has 1 fully saturated rings. The molecule has 12 heavy (non-hydrogen) atoms. The minimum absolute atomic E-state index is 0.595. The number of quaternary nitrogens is 1. The molecule has 0 radical (unpaired) electrons. The quantitative estimate of drug-likeness (QED) is 0.559. The van der Waals surface area contributed by atoms with Crippen LogP contribution in [0.4, 0.5) is 0 Å². The molecule has 0 aromatic rings. The summed E-state index contributed by atoms with van der Waals surface area (Å²) >= 11 is 0. The molecule has 1 aliphatic rings. The lowest BCUT2D eigenvalue weighted by atomic mass is 9.77. The third kappa shape index (κ3) is 1.66. The third-order valence-electron chi connectivity index (χ3n) is 3.87. The first-order chi connectivity index (χ1) is 5.52. The highest BCUT2D eigenvalue weighted by molar-refractivity contribution is 4.82. The summed E-state index contributed by atoms with van der Waals surface area (Å²) in [6.07, 6.45) is 8.57. The van der Waals surface area contributed by atoms with Gasteiger partial charge in [-0.05, 0) is 19.3 Å². The van der Waals surface area contributed by atoms with Crippen molar-refractivity contribution in [1.29, 1.82) is 0 Å². The van der Waals surface area contributed by atoms with E-state index in [1.165, 1.54) is 38.5 Å². The zero-order valence-corrected chi connectivity index (χ0v) is 9.19. The van der Waals surface area contributed by atoms with Crippen molar-refractivity contribution in [3.63, 3.8) is 0 Å². The van der Waals surface area contributed by atoms with Gasteiger partial charge in [-0.2, -0.15) is 0 Å². The fraction of sp³-hybridized carbons (Fsp3) is 1.00. The van der Waals surface area contributed by atoms with Crippen molar-refractivity contribution in [3.8, 4) is 0 Å². The zero-order chi connectivity index (χ0) is 9.24.